The molecular formula is C13H20ClNO. The molecule has 1 rings (SSSR count). The van der Waals surface area contributed by atoms with Crippen molar-refractivity contribution in [1.82, 2.24) is 0 Å². The van der Waals surface area contributed by atoms with E-state index in [4.69, 9.17) is 22.1 Å². The van der Waals surface area contributed by atoms with Crippen molar-refractivity contribution in [2.75, 3.05) is 7.11 Å². The molecule has 0 aliphatic rings. The summed E-state index contributed by atoms with van der Waals surface area (Å²) >= 11 is 6.11. The highest BCUT2D eigenvalue weighted by molar-refractivity contribution is 6.31. The molecule has 16 heavy (non-hydrogen) atoms. The highest BCUT2D eigenvalue weighted by Gasteiger charge is 2.29. The molecule has 0 heterocycles. The number of hydrogen-bond acceptors (Lipinski definition) is 2. The van der Waals surface area contributed by atoms with E-state index in [9.17, 15) is 0 Å². The first-order valence-electron chi connectivity index (χ1n) is 5.57. The first-order chi connectivity index (χ1) is 7.53. The molecule has 2 unspecified atom stereocenters. The first kappa shape index (κ1) is 13.5. The van der Waals surface area contributed by atoms with E-state index < -0.39 is 0 Å². The number of ether oxygens (including phenoxy) is 1. The minimum atomic E-state index is -0.292. The molecule has 0 fully saturated rings. The lowest BCUT2D eigenvalue weighted by molar-refractivity contribution is -0.0184. The summed E-state index contributed by atoms with van der Waals surface area (Å²) < 4.78 is 5.49. The molecule has 1 aromatic carbocycles. The van der Waals surface area contributed by atoms with Gasteiger partial charge in [0, 0.05) is 18.2 Å². The highest BCUT2D eigenvalue weighted by Crippen LogP contribution is 2.23. The Morgan fingerprint density at radius 3 is 2.56 bits per heavy atom. The largest absolute Gasteiger partial charge is 0.377 e. The van der Waals surface area contributed by atoms with Crippen LogP contribution >= 0.6 is 11.6 Å². The molecule has 0 saturated carbocycles. The van der Waals surface area contributed by atoms with Crippen molar-refractivity contribution < 1.29 is 4.74 Å². The van der Waals surface area contributed by atoms with Crippen molar-refractivity contribution in [2.24, 2.45) is 5.73 Å². The van der Waals surface area contributed by atoms with Crippen LogP contribution in [0.2, 0.25) is 5.02 Å². The van der Waals surface area contributed by atoms with E-state index in [2.05, 4.69) is 6.92 Å². The Balaban J connectivity index is 2.78. The Kier molecular flexibility index (Phi) is 4.78. The third-order valence-electron chi connectivity index (χ3n) is 3.35. The molecule has 0 saturated heterocycles. The third-order valence-corrected chi connectivity index (χ3v) is 3.72. The normalized spacial score (nSPS) is 16.8. The van der Waals surface area contributed by atoms with Crippen LogP contribution in [0, 0.1) is 0 Å². The maximum atomic E-state index is 6.19. The zero-order valence-electron chi connectivity index (χ0n) is 10.2. The van der Waals surface area contributed by atoms with Gasteiger partial charge in [-0.15, -0.1) is 0 Å². The Hall–Kier alpha value is -0.570. The van der Waals surface area contributed by atoms with Crippen LogP contribution in [0.25, 0.3) is 0 Å². The van der Waals surface area contributed by atoms with Crippen LogP contribution in [0.3, 0.4) is 0 Å². The monoisotopic (exact) mass is 241 g/mol. The van der Waals surface area contributed by atoms with Crippen LogP contribution in [0.1, 0.15) is 25.8 Å². The van der Waals surface area contributed by atoms with Gasteiger partial charge in [0.25, 0.3) is 0 Å². The Morgan fingerprint density at radius 1 is 1.44 bits per heavy atom. The molecule has 0 spiro atoms. The smallest absolute Gasteiger partial charge is 0.0801 e. The van der Waals surface area contributed by atoms with Crippen LogP contribution in [0.4, 0.5) is 0 Å². The summed E-state index contributed by atoms with van der Waals surface area (Å²) in [5.41, 5.74) is 6.98. The summed E-state index contributed by atoms with van der Waals surface area (Å²) in [7, 11) is 1.70. The van der Waals surface area contributed by atoms with Crippen LogP contribution in [0.15, 0.2) is 24.3 Å². The minimum absolute atomic E-state index is 0.0533. The average molecular weight is 242 g/mol. The number of methoxy groups -OCH3 is 1. The maximum absolute atomic E-state index is 6.19. The van der Waals surface area contributed by atoms with Gasteiger partial charge in [0.1, 0.15) is 0 Å². The molecule has 1 aromatic rings. The molecule has 0 aromatic heterocycles. The summed E-state index contributed by atoms with van der Waals surface area (Å²) in [6.07, 6.45) is 1.62. The van der Waals surface area contributed by atoms with E-state index in [0.717, 1.165) is 23.4 Å². The van der Waals surface area contributed by atoms with Gasteiger partial charge in [-0.1, -0.05) is 36.7 Å². The molecule has 2 nitrogen and oxygen atoms in total. The van der Waals surface area contributed by atoms with Gasteiger partial charge in [0.05, 0.1) is 5.60 Å². The Labute approximate surface area is 103 Å². The summed E-state index contributed by atoms with van der Waals surface area (Å²) in [5.74, 6) is 0. The van der Waals surface area contributed by atoms with Crippen LogP contribution < -0.4 is 5.73 Å². The van der Waals surface area contributed by atoms with Crippen LogP contribution in [0.5, 0.6) is 0 Å². The van der Waals surface area contributed by atoms with E-state index >= 15 is 0 Å². The van der Waals surface area contributed by atoms with Crippen molar-refractivity contribution in [3.63, 3.8) is 0 Å². The predicted molar refractivity (Wildman–Crippen MR) is 68.8 cm³/mol. The number of halogens is 1. The van der Waals surface area contributed by atoms with E-state index in [1.807, 2.05) is 31.2 Å². The fourth-order valence-corrected chi connectivity index (χ4v) is 1.89. The third kappa shape index (κ3) is 2.97. The molecule has 2 N–H and O–H groups in total. The maximum Gasteiger partial charge on any atom is 0.0801 e. The molecule has 3 heteroatoms. The van der Waals surface area contributed by atoms with E-state index in [0.29, 0.717) is 0 Å². The van der Waals surface area contributed by atoms with E-state index in [-0.39, 0.29) is 11.6 Å². The zero-order chi connectivity index (χ0) is 12.2. The first-order valence-corrected chi connectivity index (χ1v) is 5.95. The summed E-state index contributed by atoms with van der Waals surface area (Å²) in [6.45, 7) is 4.12. The van der Waals surface area contributed by atoms with Gasteiger partial charge in [0.2, 0.25) is 0 Å². The molecule has 0 aliphatic heterocycles. The lowest BCUT2D eigenvalue weighted by atomic mass is 9.89. The molecule has 0 radical (unpaired) electrons. The fraction of sp³-hybridized carbons (Fsp3) is 0.538. The molecule has 90 valence electrons. The van der Waals surface area contributed by atoms with Crippen LogP contribution in [-0.2, 0) is 11.2 Å². The lowest BCUT2D eigenvalue weighted by Crippen LogP contribution is -2.48. The fourth-order valence-electron chi connectivity index (χ4n) is 1.67. The van der Waals surface area contributed by atoms with Gasteiger partial charge in [0.15, 0.2) is 0 Å². The van der Waals surface area contributed by atoms with Crippen molar-refractivity contribution in [3.05, 3.63) is 34.9 Å². The number of benzene rings is 1. The van der Waals surface area contributed by atoms with Crippen molar-refractivity contribution in [2.45, 2.75) is 38.3 Å². The Morgan fingerprint density at radius 2 is 2.06 bits per heavy atom. The summed E-state index contributed by atoms with van der Waals surface area (Å²) in [6, 6.07) is 7.74. The van der Waals surface area contributed by atoms with Gasteiger partial charge in [-0.25, -0.2) is 0 Å². The van der Waals surface area contributed by atoms with Gasteiger partial charge in [-0.05, 0) is 31.4 Å². The number of rotatable bonds is 5. The Bertz CT molecular complexity index is 336. The standard InChI is InChI=1S/C13H20ClNO/c1-4-13(2,16-3)12(15)9-10-7-5-6-8-11(10)14/h5-8,12H,4,9,15H2,1-3H3. The molecule has 0 aliphatic carbocycles. The second-order valence-corrected chi connectivity index (χ2v) is 4.68. The summed E-state index contributed by atoms with van der Waals surface area (Å²) in [4.78, 5) is 0. The van der Waals surface area contributed by atoms with Crippen molar-refractivity contribution >= 4 is 11.6 Å². The van der Waals surface area contributed by atoms with Crippen molar-refractivity contribution in [3.8, 4) is 0 Å². The number of nitrogens with two attached hydrogens (primary N) is 1. The van der Waals surface area contributed by atoms with Gasteiger partial charge < -0.3 is 10.5 Å². The molecular weight excluding hydrogens is 222 g/mol. The molecule has 0 amide bonds. The van der Waals surface area contributed by atoms with E-state index in [1.165, 1.54) is 0 Å². The van der Waals surface area contributed by atoms with Crippen molar-refractivity contribution in [1.29, 1.82) is 0 Å². The van der Waals surface area contributed by atoms with Gasteiger partial charge >= 0.3 is 0 Å². The zero-order valence-corrected chi connectivity index (χ0v) is 10.9. The predicted octanol–water partition coefficient (Wildman–Crippen LogP) is 3.02. The average Bonchev–Trinajstić information content (AvgIpc) is 2.31. The second kappa shape index (κ2) is 5.67. The topological polar surface area (TPSA) is 35.2 Å². The lowest BCUT2D eigenvalue weighted by Gasteiger charge is -2.33. The van der Waals surface area contributed by atoms with Gasteiger partial charge in [-0.3, -0.25) is 0 Å². The van der Waals surface area contributed by atoms with Crippen LogP contribution in [-0.4, -0.2) is 18.8 Å². The van der Waals surface area contributed by atoms with E-state index in [1.54, 1.807) is 7.11 Å². The second-order valence-electron chi connectivity index (χ2n) is 4.27. The van der Waals surface area contributed by atoms with Gasteiger partial charge in [-0.2, -0.15) is 0 Å². The summed E-state index contributed by atoms with van der Waals surface area (Å²) in [5, 5.41) is 0.771. The number of hydrogen-bond donors (Lipinski definition) is 1. The quantitative estimate of drug-likeness (QED) is 0.860. The SMILES string of the molecule is CCC(C)(OC)C(N)Cc1ccccc1Cl. The molecule has 2 atom stereocenters. The minimum Gasteiger partial charge on any atom is -0.377 e. The molecule has 0 bridgehead atoms. The highest BCUT2D eigenvalue weighted by atomic mass is 35.5.